The summed E-state index contributed by atoms with van der Waals surface area (Å²) in [6.45, 7) is 2.47. The van der Waals surface area contributed by atoms with Gasteiger partial charge in [-0.1, -0.05) is 33.6 Å². The third kappa shape index (κ3) is 4.05. The number of benzene rings is 1. The van der Waals surface area contributed by atoms with Crippen LogP contribution in [0.5, 0.6) is 0 Å². The number of hydrogen-bond acceptors (Lipinski definition) is 1. The largest absolute Gasteiger partial charge is 0.405 e. The lowest BCUT2D eigenvalue weighted by Gasteiger charge is -2.31. The molecule has 0 amide bonds. The molecule has 0 spiro atoms. The van der Waals surface area contributed by atoms with Crippen molar-refractivity contribution in [1.82, 2.24) is 0 Å². The van der Waals surface area contributed by atoms with Crippen LogP contribution in [0.15, 0.2) is 18.2 Å². The van der Waals surface area contributed by atoms with Crippen LogP contribution >= 0.6 is 27.5 Å². The fourth-order valence-corrected chi connectivity index (χ4v) is 2.67. The third-order valence-electron chi connectivity index (χ3n) is 2.51. The summed E-state index contributed by atoms with van der Waals surface area (Å²) < 4.78 is 37.8. The molecule has 0 saturated carbocycles. The molecule has 0 radical (unpaired) electrons. The molecule has 0 fully saturated rings. The van der Waals surface area contributed by atoms with Gasteiger partial charge in [0.25, 0.3) is 0 Å². The van der Waals surface area contributed by atoms with Gasteiger partial charge in [-0.25, -0.2) is 0 Å². The van der Waals surface area contributed by atoms with Crippen LogP contribution in [-0.2, 0) is 5.33 Å². The summed E-state index contributed by atoms with van der Waals surface area (Å²) in [5, 5.41) is 0.889. The zero-order valence-corrected chi connectivity index (χ0v) is 12.4. The zero-order chi connectivity index (χ0) is 13.9. The normalized spacial score (nSPS) is 12.0. The molecule has 18 heavy (non-hydrogen) atoms. The summed E-state index contributed by atoms with van der Waals surface area (Å²) in [5.41, 5.74) is 1.20. The van der Waals surface area contributed by atoms with Crippen LogP contribution in [0.25, 0.3) is 0 Å². The summed E-state index contributed by atoms with van der Waals surface area (Å²) in [5.74, 6) is 0. The molecule has 0 N–H and O–H groups in total. The number of nitrogens with zero attached hydrogens (tertiary/aromatic N) is 1. The third-order valence-corrected chi connectivity index (χ3v) is 3.43. The highest BCUT2D eigenvalue weighted by molar-refractivity contribution is 9.08. The number of rotatable bonds is 4. The molecule has 1 aromatic carbocycles. The van der Waals surface area contributed by atoms with Crippen molar-refractivity contribution < 1.29 is 13.2 Å². The first-order chi connectivity index (χ1) is 8.26. The number of hydrogen-bond donors (Lipinski definition) is 0. The van der Waals surface area contributed by atoms with E-state index < -0.39 is 12.7 Å². The van der Waals surface area contributed by atoms with Gasteiger partial charge in [-0.2, -0.15) is 13.2 Å². The van der Waals surface area contributed by atoms with Crippen molar-refractivity contribution in [2.24, 2.45) is 0 Å². The first kappa shape index (κ1) is 15.6. The summed E-state index contributed by atoms with van der Waals surface area (Å²) in [6.07, 6.45) is -4.24. The van der Waals surface area contributed by atoms with E-state index in [2.05, 4.69) is 15.9 Å². The van der Waals surface area contributed by atoms with Crippen molar-refractivity contribution in [2.75, 3.05) is 11.4 Å². The Morgan fingerprint density at radius 2 is 1.94 bits per heavy atom. The maximum absolute atomic E-state index is 12.6. The van der Waals surface area contributed by atoms with Gasteiger partial charge < -0.3 is 4.90 Å². The van der Waals surface area contributed by atoms with Crippen LogP contribution in [0.3, 0.4) is 0 Å². The molecule has 0 saturated heterocycles. The van der Waals surface area contributed by atoms with Crippen molar-refractivity contribution in [3.63, 3.8) is 0 Å². The fourth-order valence-electron chi connectivity index (χ4n) is 1.69. The molecule has 0 bridgehead atoms. The fraction of sp³-hybridized carbons (Fsp3) is 0.500. The summed E-state index contributed by atoms with van der Waals surface area (Å²) >= 11 is 9.28. The van der Waals surface area contributed by atoms with Crippen molar-refractivity contribution in [1.29, 1.82) is 0 Å². The van der Waals surface area contributed by atoms with E-state index in [0.29, 0.717) is 21.6 Å². The summed E-state index contributed by atoms with van der Waals surface area (Å²) in [7, 11) is 0. The average molecular weight is 345 g/mol. The molecular weight excluding hydrogens is 330 g/mol. The van der Waals surface area contributed by atoms with Gasteiger partial charge >= 0.3 is 6.18 Å². The number of anilines is 1. The van der Waals surface area contributed by atoms with E-state index in [4.69, 9.17) is 11.6 Å². The van der Waals surface area contributed by atoms with E-state index in [9.17, 15) is 13.2 Å². The Morgan fingerprint density at radius 3 is 2.39 bits per heavy atom. The molecule has 102 valence electrons. The molecule has 0 aromatic heterocycles. The van der Waals surface area contributed by atoms with E-state index in [-0.39, 0.29) is 6.04 Å². The van der Waals surface area contributed by atoms with Gasteiger partial charge in [-0.15, -0.1) is 0 Å². The van der Waals surface area contributed by atoms with Gasteiger partial charge in [0.05, 0.1) is 0 Å². The number of alkyl halides is 4. The smallest absolute Gasteiger partial charge is 0.360 e. The Balaban J connectivity index is 3.18. The lowest BCUT2D eigenvalue weighted by Crippen LogP contribution is -2.39. The predicted octanol–water partition coefficient (Wildman–Crippen LogP) is 5.01. The summed E-state index contributed by atoms with van der Waals surface area (Å²) in [4.78, 5) is 1.31. The Kier molecular flexibility index (Phi) is 5.34. The zero-order valence-electron chi connectivity index (χ0n) is 10.1. The molecule has 1 nitrogen and oxygen atoms in total. The van der Waals surface area contributed by atoms with Gasteiger partial charge in [0.2, 0.25) is 0 Å². The monoisotopic (exact) mass is 343 g/mol. The van der Waals surface area contributed by atoms with Gasteiger partial charge in [-0.3, -0.25) is 0 Å². The molecule has 0 aliphatic rings. The standard InChI is InChI=1S/C12H14BrClF3N/c1-8(2)18(7-12(15,16)17)11-5-3-4-10(14)9(11)6-13/h3-5,8H,6-7H2,1-2H3. The predicted molar refractivity (Wildman–Crippen MR) is 72.6 cm³/mol. The Labute approximate surface area is 118 Å². The van der Waals surface area contributed by atoms with E-state index >= 15 is 0 Å². The maximum Gasteiger partial charge on any atom is 0.405 e. The SMILES string of the molecule is CC(C)N(CC(F)(F)F)c1cccc(Cl)c1CBr. The molecule has 0 atom stereocenters. The van der Waals surface area contributed by atoms with Crippen LogP contribution in [0.1, 0.15) is 19.4 Å². The summed E-state index contributed by atoms with van der Waals surface area (Å²) in [6, 6.07) is 4.74. The molecular formula is C12H14BrClF3N. The minimum atomic E-state index is -4.24. The van der Waals surface area contributed by atoms with Gasteiger partial charge in [0, 0.05) is 27.6 Å². The molecule has 6 heteroatoms. The molecule has 0 aliphatic carbocycles. The number of halogens is 5. The van der Waals surface area contributed by atoms with Crippen LogP contribution in [-0.4, -0.2) is 18.8 Å². The van der Waals surface area contributed by atoms with Crippen molar-refractivity contribution in [3.8, 4) is 0 Å². The van der Waals surface area contributed by atoms with Crippen molar-refractivity contribution >= 4 is 33.2 Å². The van der Waals surface area contributed by atoms with E-state index in [1.54, 1.807) is 32.0 Å². The molecule has 0 heterocycles. The Morgan fingerprint density at radius 1 is 1.33 bits per heavy atom. The molecule has 1 aromatic rings. The van der Waals surface area contributed by atoms with Crippen molar-refractivity contribution in [3.05, 3.63) is 28.8 Å². The molecule has 0 aliphatic heterocycles. The van der Waals surface area contributed by atoms with Gasteiger partial charge in [-0.05, 0) is 26.0 Å². The topological polar surface area (TPSA) is 3.24 Å². The van der Waals surface area contributed by atoms with Crippen LogP contribution in [0, 0.1) is 0 Å². The minimum absolute atomic E-state index is 0.261. The average Bonchev–Trinajstić information content (AvgIpc) is 2.24. The van der Waals surface area contributed by atoms with Gasteiger partial charge in [0.15, 0.2) is 0 Å². The van der Waals surface area contributed by atoms with E-state index in [1.807, 2.05) is 0 Å². The first-order valence-electron chi connectivity index (χ1n) is 5.43. The second kappa shape index (κ2) is 6.15. The highest BCUT2D eigenvalue weighted by atomic mass is 79.9. The quantitative estimate of drug-likeness (QED) is 0.694. The first-order valence-corrected chi connectivity index (χ1v) is 6.93. The van der Waals surface area contributed by atoms with Crippen molar-refractivity contribution in [2.45, 2.75) is 31.4 Å². The Bertz CT molecular complexity index is 407. The lowest BCUT2D eigenvalue weighted by atomic mass is 10.1. The minimum Gasteiger partial charge on any atom is -0.360 e. The van der Waals surface area contributed by atoms with E-state index in [0.717, 1.165) is 0 Å². The van der Waals surface area contributed by atoms with Gasteiger partial charge in [0.1, 0.15) is 6.54 Å². The van der Waals surface area contributed by atoms with E-state index in [1.165, 1.54) is 4.90 Å². The molecule has 0 unspecified atom stereocenters. The highest BCUT2D eigenvalue weighted by Gasteiger charge is 2.32. The highest BCUT2D eigenvalue weighted by Crippen LogP contribution is 2.32. The second-order valence-corrected chi connectivity index (χ2v) is 5.18. The van der Waals surface area contributed by atoms with Crippen LogP contribution in [0.4, 0.5) is 18.9 Å². The maximum atomic E-state index is 12.6. The van der Waals surface area contributed by atoms with Crippen LogP contribution in [0.2, 0.25) is 5.02 Å². The molecule has 1 rings (SSSR count). The lowest BCUT2D eigenvalue weighted by molar-refractivity contribution is -0.120. The van der Waals surface area contributed by atoms with Crippen LogP contribution < -0.4 is 4.90 Å². The Hall–Kier alpha value is -0.420. The second-order valence-electron chi connectivity index (χ2n) is 4.21.